The zero-order valence-corrected chi connectivity index (χ0v) is 8.16. The Balaban J connectivity index is 4.47. The summed E-state index contributed by atoms with van der Waals surface area (Å²) in [6.45, 7) is 2.53. The summed E-state index contributed by atoms with van der Waals surface area (Å²) >= 11 is 0. The molecular weight excluding hydrogens is 188 g/mol. The van der Waals surface area contributed by atoms with E-state index in [-0.39, 0.29) is 13.0 Å². The Kier molecular flexibility index (Phi) is 4.07. The standard InChI is InChI=1S/C8H14N2O4/c1-3-8(2,7(13)14)6(12)10-4-5(9)11/h3-4H2,1-2H3,(H2,9,11)(H,10,12)(H,13,14). The molecule has 0 aromatic heterocycles. The molecule has 0 aliphatic rings. The van der Waals surface area contributed by atoms with Gasteiger partial charge in [-0.15, -0.1) is 0 Å². The molecule has 0 radical (unpaired) electrons. The van der Waals surface area contributed by atoms with Crippen molar-refractivity contribution in [3.63, 3.8) is 0 Å². The topological polar surface area (TPSA) is 109 Å². The maximum Gasteiger partial charge on any atom is 0.318 e. The Labute approximate surface area is 81.5 Å². The summed E-state index contributed by atoms with van der Waals surface area (Å²) in [6.07, 6.45) is 0.146. The fourth-order valence-electron chi connectivity index (χ4n) is 0.771. The van der Waals surface area contributed by atoms with Gasteiger partial charge in [0, 0.05) is 0 Å². The molecule has 0 aliphatic heterocycles. The first kappa shape index (κ1) is 12.4. The molecule has 6 heteroatoms. The van der Waals surface area contributed by atoms with E-state index < -0.39 is 23.2 Å². The van der Waals surface area contributed by atoms with Crippen molar-refractivity contribution in [2.24, 2.45) is 11.1 Å². The van der Waals surface area contributed by atoms with Gasteiger partial charge in [0.2, 0.25) is 11.8 Å². The SMILES string of the molecule is CCC(C)(C(=O)O)C(=O)NCC(N)=O. The van der Waals surface area contributed by atoms with Gasteiger partial charge < -0.3 is 16.2 Å². The Morgan fingerprint density at radius 3 is 2.21 bits per heavy atom. The largest absolute Gasteiger partial charge is 0.480 e. The number of hydrogen-bond acceptors (Lipinski definition) is 3. The minimum absolute atomic E-state index is 0.146. The highest BCUT2D eigenvalue weighted by molar-refractivity contribution is 6.02. The van der Waals surface area contributed by atoms with Crippen LogP contribution in [0.25, 0.3) is 0 Å². The third-order valence-electron chi connectivity index (χ3n) is 2.10. The Morgan fingerprint density at radius 1 is 1.43 bits per heavy atom. The van der Waals surface area contributed by atoms with Crippen molar-refractivity contribution >= 4 is 17.8 Å². The summed E-state index contributed by atoms with van der Waals surface area (Å²) < 4.78 is 0. The van der Waals surface area contributed by atoms with Crippen LogP contribution >= 0.6 is 0 Å². The van der Waals surface area contributed by atoms with E-state index in [4.69, 9.17) is 10.8 Å². The number of carbonyl (C=O) groups excluding carboxylic acids is 2. The third kappa shape index (κ3) is 2.72. The van der Waals surface area contributed by atoms with E-state index in [9.17, 15) is 14.4 Å². The number of primary amides is 1. The van der Waals surface area contributed by atoms with Gasteiger partial charge >= 0.3 is 5.97 Å². The zero-order valence-electron chi connectivity index (χ0n) is 8.16. The lowest BCUT2D eigenvalue weighted by Crippen LogP contribution is -2.46. The molecule has 1 atom stereocenters. The second-order valence-electron chi connectivity index (χ2n) is 3.14. The molecule has 6 nitrogen and oxygen atoms in total. The van der Waals surface area contributed by atoms with E-state index in [2.05, 4.69) is 5.32 Å². The van der Waals surface area contributed by atoms with Crippen LogP contribution in [-0.2, 0) is 14.4 Å². The first-order valence-electron chi connectivity index (χ1n) is 4.14. The van der Waals surface area contributed by atoms with E-state index in [1.807, 2.05) is 0 Å². The van der Waals surface area contributed by atoms with Crippen molar-refractivity contribution in [3.8, 4) is 0 Å². The quantitative estimate of drug-likeness (QED) is 0.501. The number of amides is 2. The summed E-state index contributed by atoms with van der Waals surface area (Å²) in [5.41, 5.74) is 3.30. The van der Waals surface area contributed by atoms with Crippen molar-refractivity contribution in [1.82, 2.24) is 5.32 Å². The molecule has 0 spiro atoms. The molecule has 0 aromatic rings. The van der Waals surface area contributed by atoms with Gasteiger partial charge in [-0.1, -0.05) is 6.92 Å². The molecule has 80 valence electrons. The predicted molar refractivity (Wildman–Crippen MR) is 48.2 cm³/mol. The summed E-state index contributed by atoms with van der Waals surface area (Å²) in [4.78, 5) is 32.5. The van der Waals surface area contributed by atoms with E-state index in [0.29, 0.717) is 0 Å². The lowest BCUT2D eigenvalue weighted by Gasteiger charge is -2.21. The minimum atomic E-state index is -1.50. The Bertz CT molecular complexity index is 264. The number of carboxylic acids is 1. The molecule has 0 aliphatic carbocycles. The molecule has 0 saturated carbocycles. The number of nitrogens with one attached hydrogen (secondary N) is 1. The van der Waals surface area contributed by atoms with Crippen molar-refractivity contribution in [3.05, 3.63) is 0 Å². The van der Waals surface area contributed by atoms with Crippen molar-refractivity contribution in [2.75, 3.05) is 6.54 Å². The second-order valence-corrected chi connectivity index (χ2v) is 3.14. The summed E-state index contributed by atoms with van der Waals surface area (Å²) in [6, 6.07) is 0. The van der Waals surface area contributed by atoms with Crippen molar-refractivity contribution < 1.29 is 19.5 Å². The maximum atomic E-state index is 11.3. The number of nitrogens with two attached hydrogens (primary N) is 1. The van der Waals surface area contributed by atoms with Crippen LogP contribution in [0.4, 0.5) is 0 Å². The monoisotopic (exact) mass is 202 g/mol. The van der Waals surface area contributed by atoms with Crippen LogP contribution in [-0.4, -0.2) is 29.4 Å². The molecule has 0 heterocycles. The average molecular weight is 202 g/mol. The molecule has 0 fully saturated rings. The van der Waals surface area contributed by atoms with Crippen molar-refractivity contribution in [1.29, 1.82) is 0 Å². The lowest BCUT2D eigenvalue weighted by atomic mass is 9.87. The fourth-order valence-corrected chi connectivity index (χ4v) is 0.771. The van der Waals surface area contributed by atoms with Crippen LogP contribution in [0, 0.1) is 5.41 Å². The van der Waals surface area contributed by atoms with Gasteiger partial charge in [-0.3, -0.25) is 14.4 Å². The molecular formula is C8H14N2O4. The molecule has 0 saturated heterocycles. The number of carboxylic acid groups (broad SMARTS) is 1. The van der Waals surface area contributed by atoms with E-state index in [1.165, 1.54) is 6.92 Å². The molecule has 2 amide bonds. The summed E-state index contributed by atoms with van der Waals surface area (Å²) in [5, 5.41) is 11.0. The van der Waals surface area contributed by atoms with Gasteiger partial charge in [0.25, 0.3) is 0 Å². The van der Waals surface area contributed by atoms with Gasteiger partial charge in [0.15, 0.2) is 0 Å². The highest BCUT2D eigenvalue weighted by atomic mass is 16.4. The van der Waals surface area contributed by atoms with Gasteiger partial charge in [-0.05, 0) is 13.3 Å². The van der Waals surface area contributed by atoms with Crippen LogP contribution in [0.15, 0.2) is 0 Å². The van der Waals surface area contributed by atoms with E-state index in [0.717, 1.165) is 0 Å². The van der Waals surface area contributed by atoms with Crippen LogP contribution in [0.5, 0.6) is 0 Å². The number of aliphatic carboxylic acids is 1. The molecule has 0 aromatic carbocycles. The third-order valence-corrected chi connectivity index (χ3v) is 2.10. The Hall–Kier alpha value is -1.59. The molecule has 0 bridgehead atoms. The van der Waals surface area contributed by atoms with Gasteiger partial charge in [0.1, 0.15) is 5.41 Å². The van der Waals surface area contributed by atoms with Gasteiger partial charge in [-0.2, -0.15) is 0 Å². The first-order valence-corrected chi connectivity index (χ1v) is 4.14. The minimum Gasteiger partial charge on any atom is -0.480 e. The van der Waals surface area contributed by atoms with Crippen LogP contribution in [0.2, 0.25) is 0 Å². The van der Waals surface area contributed by atoms with E-state index in [1.54, 1.807) is 6.92 Å². The van der Waals surface area contributed by atoms with E-state index >= 15 is 0 Å². The first-order chi connectivity index (χ1) is 6.34. The maximum absolute atomic E-state index is 11.3. The summed E-state index contributed by atoms with van der Waals surface area (Å²) in [5.74, 6) is -2.63. The zero-order chi connectivity index (χ0) is 11.4. The molecule has 0 rings (SSSR count). The molecule has 4 N–H and O–H groups in total. The normalized spacial score (nSPS) is 14.1. The number of hydrogen-bond donors (Lipinski definition) is 3. The van der Waals surface area contributed by atoms with Crippen molar-refractivity contribution in [2.45, 2.75) is 20.3 Å². The second kappa shape index (κ2) is 4.59. The molecule has 1 unspecified atom stereocenters. The van der Waals surface area contributed by atoms with Gasteiger partial charge in [0.05, 0.1) is 6.54 Å². The smallest absolute Gasteiger partial charge is 0.318 e. The summed E-state index contributed by atoms with van der Waals surface area (Å²) in [7, 11) is 0. The van der Waals surface area contributed by atoms with Crippen LogP contribution in [0.1, 0.15) is 20.3 Å². The fraction of sp³-hybridized carbons (Fsp3) is 0.625. The highest BCUT2D eigenvalue weighted by Gasteiger charge is 2.39. The highest BCUT2D eigenvalue weighted by Crippen LogP contribution is 2.21. The van der Waals surface area contributed by atoms with Gasteiger partial charge in [-0.25, -0.2) is 0 Å². The number of rotatable bonds is 5. The molecule has 14 heavy (non-hydrogen) atoms. The van der Waals surface area contributed by atoms with Crippen LogP contribution < -0.4 is 11.1 Å². The average Bonchev–Trinajstić information content (AvgIpc) is 2.12. The Morgan fingerprint density at radius 2 is 1.93 bits per heavy atom. The van der Waals surface area contributed by atoms with Crippen LogP contribution in [0.3, 0.4) is 0 Å². The lowest BCUT2D eigenvalue weighted by molar-refractivity contribution is -0.155. The number of carbonyl (C=O) groups is 3. The predicted octanol–water partition coefficient (Wildman–Crippen LogP) is -0.911.